The Balaban J connectivity index is 1.62. The largest absolute Gasteiger partial charge is 0.437 e. The van der Waals surface area contributed by atoms with Gasteiger partial charge in [-0.1, -0.05) is 5.16 Å². The highest BCUT2D eigenvalue weighted by atomic mass is 19.1. The second-order valence-electron chi connectivity index (χ2n) is 6.68. The lowest BCUT2D eigenvalue weighted by Crippen LogP contribution is -2.21. The van der Waals surface area contributed by atoms with Crippen molar-refractivity contribution in [2.75, 3.05) is 0 Å². The van der Waals surface area contributed by atoms with Gasteiger partial charge in [-0.15, -0.1) is 5.10 Å². The zero-order chi connectivity index (χ0) is 20.7. The van der Waals surface area contributed by atoms with E-state index in [0.717, 1.165) is 10.4 Å². The molecule has 0 atom stereocenters. The molecule has 0 amide bonds. The lowest BCUT2D eigenvalue weighted by molar-refractivity contribution is 0.0964. The van der Waals surface area contributed by atoms with Gasteiger partial charge >= 0.3 is 5.76 Å². The fourth-order valence-corrected chi connectivity index (χ4v) is 3.19. The maximum Gasteiger partial charge on any atom is 0.437 e. The molecule has 4 rings (SSSR count). The molecule has 0 saturated carbocycles. The van der Waals surface area contributed by atoms with Crippen molar-refractivity contribution in [3.8, 4) is 17.3 Å². The SMILES string of the molecule is Cc1cc(-n2c(C)cc(C(=O)Cn3nc(-c4ccc(F)cc4)oc3=O)c2C)no1. The first-order valence-electron chi connectivity index (χ1n) is 8.83. The fourth-order valence-electron chi connectivity index (χ4n) is 3.19. The van der Waals surface area contributed by atoms with E-state index in [4.69, 9.17) is 8.94 Å². The lowest BCUT2D eigenvalue weighted by atomic mass is 10.1. The second kappa shape index (κ2) is 7.01. The zero-order valence-corrected chi connectivity index (χ0v) is 16.0. The lowest BCUT2D eigenvalue weighted by Gasteiger charge is -2.05. The van der Waals surface area contributed by atoms with Crippen LogP contribution in [0.1, 0.15) is 27.5 Å². The van der Waals surface area contributed by atoms with Gasteiger partial charge in [0.1, 0.15) is 18.1 Å². The molecule has 3 aromatic heterocycles. The highest BCUT2D eigenvalue weighted by Gasteiger charge is 2.21. The molecular formula is C20H17FN4O4. The molecule has 0 spiro atoms. The van der Waals surface area contributed by atoms with E-state index in [1.165, 1.54) is 24.3 Å². The number of rotatable bonds is 5. The summed E-state index contributed by atoms with van der Waals surface area (Å²) in [5.74, 6) is -0.226. The van der Waals surface area contributed by atoms with Crippen molar-refractivity contribution >= 4 is 5.78 Å². The van der Waals surface area contributed by atoms with Crippen LogP contribution in [0.15, 0.2) is 50.1 Å². The van der Waals surface area contributed by atoms with Crippen molar-refractivity contribution < 1.29 is 18.1 Å². The highest BCUT2D eigenvalue weighted by molar-refractivity contribution is 5.97. The van der Waals surface area contributed by atoms with Crippen LogP contribution < -0.4 is 5.76 Å². The molecule has 0 saturated heterocycles. The molecular weight excluding hydrogens is 379 g/mol. The van der Waals surface area contributed by atoms with Crippen LogP contribution in [-0.2, 0) is 6.54 Å². The summed E-state index contributed by atoms with van der Waals surface area (Å²) in [6.07, 6.45) is 0. The summed E-state index contributed by atoms with van der Waals surface area (Å²) >= 11 is 0. The van der Waals surface area contributed by atoms with E-state index in [2.05, 4.69) is 10.3 Å². The molecule has 29 heavy (non-hydrogen) atoms. The number of aromatic nitrogens is 4. The fraction of sp³-hybridized carbons (Fsp3) is 0.200. The summed E-state index contributed by atoms with van der Waals surface area (Å²) in [5.41, 5.74) is 2.37. The highest BCUT2D eigenvalue weighted by Crippen LogP contribution is 2.22. The van der Waals surface area contributed by atoms with Crippen molar-refractivity contribution in [2.45, 2.75) is 27.3 Å². The van der Waals surface area contributed by atoms with E-state index in [0.29, 0.717) is 28.4 Å². The maximum absolute atomic E-state index is 13.1. The molecule has 0 unspecified atom stereocenters. The molecule has 4 aromatic rings. The van der Waals surface area contributed by atoms with Gasteiger partial charge in [0.15, 0.2) is 11.6 Å². The topological polar surface area (TPSA) is 96.1 Å². The number of benzene rings is 1. The van der Waals surface area contributed by atoms with Crippen LogP contribution >= 0.6 is 0 Å². The number of carbonyl (C=O) groups is 1. The first kappa shape index (κ1) is 18.6. The Morgan fingerprint density at radius 3 is 2.52 bits per heavy atom. The standard InChI is InChI=1S/C20H17FN4O4/c1-11-8-16(13(3)25(11)18-9-12(2)29-23-18)17(26)10-24-20(27)28-19(22-24)14-4-6-15(21)7-5-14/h4-9H,10H2,1-3H3. The number of Topliss-reactive ketones (excluding diaryl/α,β-unsaturated/α-hetero) is 1. The second-order valence-corrected chi connectivity index (χ2v) is 6.68. The van der Waals surface area contributed by atoms with E-state index in [1.54, 1.807) is 30.5 Å². The molecule has 1 aromatic carbocycles. The maximum atomic E-state index is 13.1. The van der Waals surface area contributed by atoms with Crippen LogP contribution in [0.4, 0.5) is 4.39 Å². The van der Waals surface area contributed by atoms with Crippen LogP contribution in [0.2, 0.25) is 0 Å². The van der Waals surface area contributed by atoms with Gasteiger partial charge in [0.05, 0.1) is 0 Å². The Morgan fingerprint density at radius 1 is 1.14 bits per heavy atom. The van der Waals surface area contributed by atoms with Crippen LogP contribution in [0.5, 0.6) is 0 Å². The van der Waals surface area contributed by atoms with Crippen molar-refractivity contribution in [3.05, 3.63) is 75.5 Å². The third-order valence-electron chi connectivity index (χ3n) is 4.57. The summed E-state index contributed by atoms with van der Waals surface area (Å²) in [4.78, 5) is 24.9. The third kappa shape index (κ3) is 3.42. The summed E-state index contributed by atoms with van der Waals surface area (Å²) in [5, 5.41) is 8.04. The summed E-state index contributed by atoms with van der Waals surface area (Å²) in [7, 11) is 0. The van der Waals surface area contributed by atoms with Crippen LogP contribution in [0.25, 0.3) is 17.3 Å². The molecule has 0 aliphatic rings. The Morgan fingerprint density at radius 2 is 1.86 bits per heavy atom. The number of nitrogens with zero attached hydrogens (tertiary/aromatic N) is 4. The predicted octanol–water partition coefficient (Wildman–Crippen LogP) is 3.23. The molecule has 0 N–H and O–H groups in total. The first-order valence-corrected chi connectivity index (χ1v) is 8.83. The zero-order valence-electron chi connectivity index (χ0n) is 16.0. The average molecular weight is 396 g/mol. The summed E-state index contributed by atoms with van der Waals surface area (Å²) in [6.45, 7) is 5.14. The van der Waals surface area contributed by atoms with Gasteiger partial charge in [-0.05, 0) is 51.1 Å². The quantitative estimate of drug-likeness (QED) is 0.481. The minimum atomic E-state index is -0.765. The van der Waals surface area contributed by atoms with E-state index in [-0.39, 0.29) is 18.2 Å². The van der Waals surface area contributed by atoms with Crippen molar-refractivity contribution in [1.82, 2.24) is 19.5 Å². The summed E-state index contributed by atoms with van der Waals surface area (Å²) in [6, 6.07) is 8.86. The van der Waals surface area contributed by atoms with Gasteiger partial charge in [-0.3, -0.25) is 9.36 Å². The number of hydrogen-bond donors (Lipinski definition) is 0. The van der Waals surface area contributed by atoms with Gasteiger partial charge in [-0.25, -0.2) is 9.18 Å². The number of ketones is 1. The van der Waals surface area contributed by atoms with E-state index in [1.807, 2.05) is 6.92 Å². The third-order valence-corrected chi connectivity index (χ3v) is 4.57. The Kier molecular flexibility index (Phi) is 4.50. The van der Waals surface area contributed by atoms with Crippen LogP contribution in [0.3, 0.4) is 0 Å². The number of carbonyl (C=O) groups excluding carboxylic acids is 1. The van der Waals surface area contributed by atoms with E-state index in [9.17, 15) is 14.0 Å². The van der Waals surface area contributed by atoms with E-state index < -0.39 is 11.6 Å². The normalized spacial score (nSPS) is 11.2. The smallest absolute Gasteiger partial charge is 0.388 e. The van der Waals surface area contributed by atoms with Crippen molar-refractivity contribution in [1.29, 1.82) is 0 Å². The van der Waals surface area contributed by atoms with Crippen LogP contribution in [0, 0.1) is 26.6 Å². The van der Waals surface area contributed by atoms with Gasteiger partial charge in [0.2, 0.25) is 5.89 Å². The summed E-state index contributed by atoms with van der Waals surface area (Å²) < 4.78 is 26.0. The molecule has 8 nitrogen and oxygen atoms in total. The first-order chi connectivity index (χ1) is 13.8. The van der Waals surface area contributed by atoms with Crippen molar-refractivity contribution in [2.24, 2.45) is 0 Å². The Labute approximate surface area is 164 Å². The van der Waals surface area contributed by atoms with Gasteiger partial charge in [0.25, 0.3) is 0 Å². The Bertz CT molecular complexity index is 1260. The molecule has 0 aliphatic heterocycles. The molecule has 0 fully saturated rings. The van der Waals surface area contributed by atoms with Gasteiger partial charge in [0, 0.05) is 28.6 Å². The molecule has 9 heteroatoms. The van der Waals surface area contributed by atoms with Crippen LogP contribution in [-0.4, -0.2) is 25.3 Å². The number of halogens is 1. The number of aryl methyl sites for hydroxylation is 2. The predicted molar refractivity (Wildman–Crippen MR) is 101 cm³/mol. The minimum Gasteiger partial charge on any atom is -0.388 e. The monoisotopic (exact) mass is 396 g/mol. The van der Waals surface area contributed by atoms with Gasteiger partial charge < -0.3 is 8.94 Å². The molecule has 0 aliphatic carbocycles. The Hall–Kier alpha value is -3.75. The number of hydrogen-bond acceptors (Lipinski definition) is 6. The average Bonchev–Trinajstić information content (AvgIpc) is 3.34. The van der Waals surface area contributed by atoms with E-state index >= 15 is 0 Å². The molecule has 3 heterocycles. The minimum absolute atomic E-state index is 0.0198. The molecule has 0 bridgehead atoms. The molecule has 148 valence electrons. The molecule has 0 radical (unpaired) electrons. The van der Waals surface area contributed by atoms with Gasteiger partial charge in [-0.2, -0.15) is 4.68 Å². The van der Waals surface area contributed by atoms with Crippen molar-refractivity contribution in [3.63, 3.8) is 0 Å².